The Hall–Kier alpha value is -4.19. The quantitative estimate of drug-likeness (QED) is 0.503. The molecule has 1 aliphatic carbocycles. The molecular weight excluding hydrogens is 432 g/mol. The standard InChI is InChI=1S/C21H20N6O6/c28-20(13-5-3-7-15(11-13)26(30)31)23-22-19-17-9-1-2-10-18(17)24-25(19)21(29)14-6-4-8-16(12-14)27(32)33/h3-8,11-12,17,19,22H,1-2,9-10H2,(H,23,28)/t17-,19+/m0/s1. The molecule has 4 rings (SSSR count). The van der Waals surface area contributed by atoms with Crippen LogP contribution in [0.1, 0.15) is 46.4 Å². The van der Waals surface area contributed by atoms with Gasteiger partial charge in [-0.1, -0.05) is 18.6 Å². The van der Waals surface area contributed by atoms with Crippen LogP contribution in [0.4, 0.5) is 11.4 Å². The van der Waals surface area contributed by atoms with Crippen molar-refractivity contribution in [2.24, 2.45) is 11.0 Å². The van der Waals surface area contributed by atoms with Crippen molar-refractivity contribution in [3.05, 3.63) is 79.9 Å². The maximum Gasteiger partial charge on any atom is 0.275 e. The maximum atomic E-state index is 13.2. The van der Waals surface area contributed by atoms with E-state index in [1.165, 1.54) is 47.5 Å². The van der Waals surface area contributed by atoms with Crippen molar-refractivity contribution in [2.75, 3.05) is 0 Å². The molecule has 2 amide bonds. The number of hydrazine groups is 1. The summed E-state index contributed by atoms with van der Waals surface area (Å²) in [7, 11) is 0. The summed E-state index contributed by atoms with van der Waals surface area (Å²) in [5.74, 6) is -1.28. The monoisotopic (exact) mass is 452 g/mol. The molecule has 33 heavy (non-hydrogen) atoms. The van der Waals surface area contributed by atoms with Crippen LogP contribution in [0.2, 0.25) is 0 Å². The topological polar surface area (TPSA) is 160 Å². The lowest BCUT2D eigenvalue weighted by Gasteiger charge is -2.29. The number of non-ortho nitro benzene ring substituents is 2. The van der Waals surface area contributed by atoms with E-state index < -0.39 is 27.8 Å². The van der Waals surface area contributed by atoms with Crippen LogP contribution in [-0.4, -0.2) is 38.5 Å². The largest absolute Gasteiger partial charge is 0.285 e. The van der Waals surface area contributed by atoms with E-state index in [0.717, 1.165) is 31.0 Å². The first kappa shape index (κ1) is 22.0. The number of amides is 2. The summed E-state index contributed by atoms with van der Waals surface area (Å²) in [5.41, 5.74) is 5.94. The lowest BCUT2D eigenvalue weighted by molar-refractivity contribution is -0.385. The molecule has 2 N–H and O–H groups in total. The summed E-state index contributed by atoms with van der Waals surface area (Å²) in [6, 6.07) is 10.6. The van der Waals surface area contributed by atoms with Gasteiger partial charge in [-0.05, 0) is 31.4 Å². The minimum Gasteiger partial charge on any atom is -0.285 e. The van der Waals surface area contributed by atoms with Gasteiger partial charge in [0.1, 0.15) is 6.17 Å². The number of nitro groups is 2. The number of hydrogen-bond donors (Lipinski definition) is 2. The van der Waals surface area contributed by atoms with E-state index >= 15 is 0 Å². The van der Waals surface area contributed by atoms with E-state index in [1.54, 1.807) is 0 Å². The smallest absolute Gasteiger partial charge is 0.275 e. The van der Waals surface area contributed by atoms with Crippen molar-refractivity contribution in [1.29, 1.82) is 0 Å². The maximum absolute atomic E-state index is 13.2. The van der Waals surface area contributed by atoms with Gasteiger partial charge in [-0.15, -0.1) is 0 Å². The SMILES string of the molecule is O=C(NN[C@H]1[C@H]2CCCCC2=NN1C(=O)c1cccc([N+](=O)[O-])c1)c1cccc([N+](=O)[O-])c1. The molecule has 170 valence electrons. The zero-order valence-electron chi connectivity index (χ0n) is 17.3. The Morgan fingerprint density at radius 3 is 2.27 bits per heavy atom. The lowest BCUT2D eigenvalue weighted by atomic mass is 9.86. The minimum atomic E-state index is -0.699. The van der Waals surface area contributed by atoms with Gasteiger partial charge in [-0.2, -0.15) is 5.10 Å². The molecule has 0 spiro atoms. The predicted molar refractivity (Wildman–Crippen MR) is 116 cm³/mol. The van der Waals surface area contributed by atoms with Crippen LogP contribution >= 0.6 is 0 Å². The third-order valence-corrected chi connectivity index (χ3v) is 5.67. The zero-order chi connectivity index (χ0) is 23.5. The van der Waals surface area contributed by atoms with Crippen molar-refractivity contribution in [3.8, 4) is 0 Å². The van der Waals surface area contributed by atoms with E-state index in [2.05, 4.69) is 16.0 Å². The van der Waals surface area contributed by atoms with Crippen molar-refractivity contribution < 1.29 is 19.4 Å². The van der Waals surface area contributed by atoms with Crippen LogP contribution in [0, 0.1) is 26.1 Å². The molecule has 2 aliphatic rings. The third kappa shape index (κ3) is 4.55. The molecule has 2 aromatic rings. The van der Waals surface area contributed by atoms with Crippen LogP contribution in [0.3, 0.4) is 0 Å². The Kier molecular flexibility index (Phi) is 6.09. The molecule has 2 aromatic carbocycles. The Balaban J connectivity index is 1.55. The molecule has 1 heterocycles. The number of rotatable bonds is 6. The van der Waals surface area contributed by atoms with Gasteiger partial charge < -0.3 is 0 Å². The number of nitrogens with one attached hydrogen (secondary N) is 2. The first-order chi connectivity index (χ1) is 15.8. The highest BCUT2D eigenvalue weighted by atomic mass is 16.6. The van der Waals surface area contributed by atoms with Crippen LogP contribution in [0.5, 0.6) is 0 Å². The van der Waals surface area contributed by atoms with Gasteiger partial charge in [0.05, 0.1) is 9.85 Å². The molecule has 0 saturated heterocycles. The number of carbonyl (C=O) groups is 2. The van der Waals surface area contributed by atoms with Gasteiger partial charge in [0.25, 0.3) is 23.2 Å². The summed E-state index contributed by atoms with van der Waals surface area (Å²) < 4.78 is 0. The number of hydrazone groups is 1. The van der Waals surface area contributed by atoms with Gasteiger partial charge in [-0.3, -0.25) is 35.2 Å². The highest BCUT2D eigenvalue weighted by molar-refractivity contribution is 5.99. The van der Waals surface area contributed by atoms with Crippen LogP contribution in [0.15, 0.2) is 53.6 Å². The number of hydrogen-bond acceptors (Lipinski definition) is 8. The van der Waals surface area contributed by atoms with E-state index in [1.807, 2.05) is 0 Å². The molecule has 2 atom stereocenters. The first-order valence-corrected chi connectivity index (χ1v) is 10.3. The fourth-order valence-corrected chi connectivity index (χ4v) is 4.05. The average molecular weight is 452 g/mol. The second-order valence-corrected chi connectivity index (χ2v) is 7.75. The molecule has 1 aliphatic heterocycles. The molecule has 12 nitrogen and oxygen atoms in total. The Labute approximate surface area is 187 Å². The average Bonchev–Trinajstić information content (AvgIpc) is 3.20. The van der Waals surface area contributed by atoms with E-state index in [-0.39, 0.29) is 28.4 Å². The zero-order valence-corrected chi connectivity index (χ0v) is 17.3. The molecule has 12 heteroatoms. The summed E-state index contributed by atoms with van der Waals surface area (Å²) in [6.45, 7) is 0. The molecule has 1 saturated carbocycles. The number of nitrogens with zero attached hydrogens (tertiary/aromatic N) is 4. The second-order valence-electron chi connectivity index (χ2n) is 7.75. The summed E-state index contributed by atoms with van der Waals surface area (Å²) in [5, 5.41) is 27.7. The Morgan fingerprint density at radius 2 is 1.61 bits per heavy atom. The Morgan fingerprint density at radius 1 is 0.970 bits per heavy atom. The highest BCUT2D eigenvalue weighted by Crippen LogP contribution is 2.33. The van der Waals surface area contributed by atoms with Crippen LogP contribution in [-0.2, 0) is 0 Å². The van der Waals surface area contributed by atoms with E-state index in [0.29, 0.717) is 6.42 Å². The Bertz CT molecular complexity index is 1170. The number of fused-ring (bicyclic) bond motifs is 1. The van der Waals surface area contributed by atoms with Gasteiger partial charge in [0.15, 0.2) is 0 Å². The van der Waals surface area contributed by atoms with Gasteiger partial charge in [-0.25, -0.2) is 10.4 Å². The van der Waals surface area contributed by atoms with Crippen molar-refractivity contribution in [3.63, 3.8) is 0 Å². The predicted octanol–water partition coefficient (Wildman–Crippen LogP) is 2.77. The van der Waals surface area contributed by atoms with Crippen molar-refractivity contribution in [2.45, 2.75) is 31.8 Å². The van der Waals surface area contributed by atoms with Gasteiger partial charge >= 0.3 is 0 Å². The summed E-state index contributed by atoms with van der Waals surface area (Å²) in [4.78, 5) is 46.7. The van der Waals surface area contributed by atoms with Crippen molar-refractivity contribution in [1.82, 2.24) is 15.9 Å². The number of carbonyl (C=O) groups excluding carboxylic acids is 2. The normalized spacial score (nSPS) is 19.4. The van der Waals surface area contributed by atoms with Gasteiger partial charge in [0.2, 0.25) is 0 Å². The molecule has 0 unspecified atom stereocenters. The number of nitro benzene ring substituents is 2. The van der Waals surface area contributed by atoms with Crippen LogP contribution < -0.4 is 10.9 Å². The fourth-order valence-electron chi connectivity index (χ4n) is 4.05. The molecule has 0 aromatic heterocycles. The van der Waals surface area contributed by atoms with E-state index in [4.69, 9.17) is 0 Å². The van der Waals surface area contributed by atoms with Gasteiger partial charge in [0, 0.05) is 47.0 Å². The minimum absolute atomic E-state index is 0.0797. The third-order valence-electron chi connectivity index (χ3n) is 5.67. The molecule has 0 bridgehead atoms. The first-order valence-electron chi connectivity index (χ1n) is 10.3. The molecule has 1 fully saturated rings. The van der Waals surface area contributed by atoms with Crippen LogP contribution in [0.25, 0.3) is 0 Å². The second kappa shape index (κ2) is 9.12. The molecule has 0 radical (unpaired) electrons. The van der Waals surface area contributed by atoms with Crippen molar-refractivity contribution >= 4 is 28.9 Å². The lowest BCUT2D eigenvalue weighted by Crippen LogP contribution is -2.55. The van der Waals surface area contributed by atoms with E-state index in [9.17, 15) is 29.8 Å². The molecular formula is C21H20N6O6. The highest BCUT2D eigenvalue weighted by Gasteiger charge is 2.41. The summed E-state index contributed by atoms with van der Waals surface area (Å²) in [6.07, 6.45) is 2.62. The fraction of sp³-hybridized carbons (Fsp3) is 0.286. The number of benzene rings is 2. The summed E-state index contributed by atoms with van der Waals surface area (Å²) >= 11 is 0.